The standard InChI is InChI=1S/C18H25BO3Si/c1-17(2)18(3,4)22-19(21-17)15-10-6-9-13-7-5-8-14(16(13)15)11-12-20-23/h5-10H,11-12H2,1-4,23H3. The molecule has 0 aliphatic carbocycles. The maximum Gasteiger partial charge on any atom is 0.495 e. The highest BCUT2D eigenvalue weighted by Gasteiger charge is 2.52. The van der Waals surface area contributed by atoms with Crippen LogP contribution >= 0.6 is 0 Å². The van der Waals surface area contributed by atoms with E-state index in [1.54, 1.807) is 0 Å². The van der Waals surface area contributed by atoms with E-state index < -0.39 is 0 Å². The van der Waals surface area contributed by atoms with Crippen LogP contribution in [0.5, 0.6) is 0 Å². The molecule has 2 aromatic carbocycles. The Kier molecular flexibility index (Phi) is 4.40. The van der Waals surface area contributed by atoms with Gasteiger partial charge in [0.15, 0.2) is 0 Å². The van der Waals surface area contributed by atoms with Crippen LogP contribution in [0.1, 0.15) is 33.3 Å². The number of rotatable bonds is 4. The van der Waals surface area contributed by atoms with Gasteiger partial charge in [0.1, 0.15) is 10.5 Å². The summed E-state index contributed by atoms with van der Waals surface area (Å²) in [6, 6.07) is 12.8. The van der Waals surface area contributed by atoms with Gasteiger partial charge in [-0.3, -0.25) is 0 Å². The van der Waals surface area contributed by atoms with Gasteiger partial charge in [-0.2, -0.15) is 0 Å². The Labute approximate surface area is 142 Å². The number of fused-ring (bicyclic) bond motifs is 1. The summed E-state index contributed by atoms with van der Waals surface area (Å²) >= 11 is 0. The molecule has 5 heteroatoms. The first-order valence-electron chi connectivity index (χ1n) is 8.21. The molecule has 0 unspecified atom stereocenters. The second-order valence-electron chi connectivity index (χ2n) is 7.19. The lowest BCUT2D eigenvalue weighted by atomic mass is 9.75. The zero-order chi connectivity index (χ0) is 16.7. The maximum atomic E-state index is 6.27. The third kappa shape index (κ3) is 2.99. The Balaban J connectivity index is 2.08. The van der Waals surface area contributed by atoms with Crippen LogP contribution in [-0.2, 0) is 20.2 Å². The number of benzene rings is 2. The van der Waals surface area contributed by atoms with E-state index in [1.807, 2.05) is 0 Å². The second kappa shape index (κ2) is 6.06. The fourth-order valence-electron chi connectivity index (χ4n) is 3.04. The van der Waals surface area contributed by atoms with Crippen molar-refractivity contribution in [2.24, 2.45) is 0 Å². The van der Waals surface area contributed by atoms with Crippen LogP contribution in [-0.4, -0.2) is 35.4 Å². The number of hydrogen-bond donors (Lipinski definition) is 0. The highest BCUT2D eigenvalue weighted by molar-refractivity contribution is 6.65. The van der Waals surface area contributed by atoms with Gasteiger partial charge in [0.25, 0.3) is 0 Å². The SMILES string of the molecule is CC1(C)OB(c2cccc3cccc(CCO[SiH3])c23)OC1(C)C. The Bertz CT molecular complexity index is 693. The highest BCUT2D eigenvalue weighted by Crippen LogP contribution is 2.37. The van der Waals surface area contributed by atoms with E-state index in [-0.39, 0.29) is 18.3 Å². The zero-order valence-corrected chi connectivity index (χ0v) is 16.7. The molecule has 122 valence electrons. The number of hydrogen-bond acceptors (Lipinski definition) is 3. The van der Waals surface area contributed by atoms with Gasteiger partial charge in [-0.25, -0.2) is 0 Å². The predicted molar refractivity (Wildman–Crippen MR) is 99.3 cm³/mol. The molecule has 0 saturated carbocycles. The van der Waals surface area contributed by atoms with Crippen molar-refractivity contribution in [1.82, 2.24) is 0 Å². The molecule has 0 amide bonds. The van der Waals surface area contributed by atoms with Crippen molar-refractivity contribution < 1.29 is 13.7 Å². The van der Waals surface area contributed by atoms with E-state index in [1.165, 1.54) is 16.3 Å². The molecule has 3 rings (SSSR count). The minimum atomic E-state index is -0.332. The molecule has 1 aliphatic rings. The molecule has 1 saturated heterocycles. The molecule has 1 heterocycles. The lowest BCUT2D eigenvalue weighted by Gasteiger charge is -2.32. The van der Waals surface area contributed by atoms with E-state index in [2.05, 4.69) is 64.1 Å². The molecule has 23 heavy (non-hydrogen) atoms. The summed E-state index contributed by atoms with van der Waals surface area (Å²) in [5.74, 6) is 0. The van der Waals surface area contributed by atoms with Crippen LogP contribution in [0, 0.1) is 0 Å². The molecule has 1 fully saturated rings. The molecule has 1 aliphatic heterocycles. The molecular weight excluding hydrogens is 303 g/mol. The molecule has 2 aromatic rings. The van der Waals surface area contributed by atoms with Crippen LogP contribution in [0.25, 0.3) is 10.8 Å². The average molecular weight is 328 g/mol. The average Bonchev–Trinajstić information content (AvgIpc) is 2.72. The van der Waals surface area contributed by atoms with Crippen LogP contribution in [0.15, 0.2) is 36.4 Å². The predicted octanol–water partition coefficient (Wildman–Crippen LogP) is 1.98. The highest BCUT2D eigenvalue weighted by atomic mass is 28.2. The fraction of sp³-hybridized carbons (Fsp3) is 0.444. The van der Waals surface area contributed by atoms with Gasteiger partial charge in [-0.1, -0.05) is 36.4 Å². The van der Waals surface area contributed by atoms with Crippen LogP contribution < -0.4 is 5.46 Å². The zero-order valence-electron chi connectivity index (χ0n) is 14.7. The van der Waals surface area contributed by atoms with Crippen molar-refractivity contribution in [2.45, 2.75) is 45.3 Å². The minimum Gasteiger partial charge on any atom is -0.428 e. The smallest absolute Gasteiger partial charge is 0.428 e. The van der Waals surface area contributed by atoms with E-state index in [0.717, 1.165) is 29.0 Å². The summed E-state index contributed by atoms with van der Waals surface area (Å²) in [6.45, 7) is 9.13. The Morgan fingerprint density at radius 3 is 2.22 bits per heavy atom. The lowest BCUT2D eigenvalue weighted by Crippen LogP contribution is -2.41. The topological polar surface area (TPSA) is 27.7 Å². The first-order chi connectivity index (χ1) is 10.9. The van der Waals surface area contributed by atoms with Gasteiger partial charge in [0.05, 0.1) is 11.2 Å². The van der Waals surface area contributed by atoms with Crippen molar-refractivity contribution in [2.75, 3.05) is 6.61 Å². The van der Waals surface area contributed by atoms with E-state index >= 15 is 0 Å². The van der Waals surface area contributed by atoms with Gasteiger partial charge >= 0.3 is 7.12 Å². The molecule has 0 atom stereocenters. The molecule has 0 bridgehead atoms. The molecule has 3 nitrogen and oxygen atoms in total. The Morgan fingerprint density at radius 1 is 1.00 bits per heavy atom. The van der Waals surface area contributed by atoms with Crippen molar-refractivity contribution in [1.29, 1.82) is 0 Å². The van der Waals surface area contributed by atoms with Gasteiger partial charge in [0.2, 0.25) is 0 Å². The maximum absolute atomic E-state index is 6.27. The summed E-state index contributed by atoms with van der Waals surface area (Å²) in [7, 11) is 0.442. The summed E-state index contributed by atoms with van der Waals surface area (Å²) in [4.78, 5) is 0. The third-order valence-electron chi connectivity index (χ3n) is 5.11. The molecule has 0 spiro atoms. The summed E-state index contributed by atoms with van der Waals surface area (Å²) < 4.78 is 17.9. The van der Waals surface area contributed by atoms with Gasteiger partial charge < -0.3 is 13.7 Å². The molecule has 0 N–H and O–H groups in total. The van der Waals surface area contributed by atoms with Crippen molar-refractivity contribution >= 4 is 33.8 Å². The van der Waals surface area contributed by atoms with Crippen molar-refractivity contribution in [3.05, 3.63) is 42.0 Å². The van der Waals surface area contributed by atoms with Gasteiger partial charge in [0, 0.05) is 6.61 Å². The molecular formula is C18H25BO3Si. The first kappa shape index (κ1) is 16.7. The normalized spacial score (nSPS) is 19.6. The Morgan fingerprint density at radius 2 is 1.61 bits per heavy atom. The monoisotopic (exact) mass is 328 g/mol. The van der Waals surface area contributed by atoms with E-state index in [9.17, 15) is 0 Å². The minimum absolute atomic E-state index is 0.326. The van der Waals surface area contributed by atoms with E-state index in [4.69, 9.17) is 13.7 Å². The van der Waals surface area contributed by atoms with Crippen molar-refractivity contribution in [3.63, 3.8) is 0 Å². The lowest BCUT2D eigenvalue weighted by molar-refractivity contribution is 0.00578. The third-order valence-corrected chi connectivity index (χ3v) is 5.51. The van der Waals surface area contributed by atoms with Crippen LogP contribution in [0.2, 0.25) is 0 Å². The first-order valence-corrected chi connectivity index (χ1v) is 9.02. The quantitative estimate of drug-likeness (QED) is 0.804. The van der Waals surface area contributed by atoms with E-state index in [0.29, 0.717) is 0 Å². The fourth-order valence-corrected chi connectivity index (χ4v) is 3.24. The van der Waals surface area contributed by atoms with Gasteiger partial charge in [-0.05, 0) is 55.9 Å². The van der Waals surface area contributed by atoms with Crippen molar-refractivity contribution in [3.8, 4) is 0 Å². The molecule has 0 radical (unpaired) electrons. The van der Waals surface area contributed by atoms with Crippen LogP contribution in [0.3, 0.4) is 0 Å². The summed E-state index contributed by atoms with van der Waals surface area (Å²) in [5, 5.41) is 2.47. The largest absolute Gasteiger partial charge is 0.495 e. The van der Waals surface area contributed by atoms with Gasteiger partial charge in [-0.15, -0.1) is 0 Å². The summed E-state index contributed by atoms with van der Waals surface area (Å²) in [6.07, 6.45) is 0.914. The second-order valence-corrected chi connectivity index (χ2v) is 7.77. The Hall–Kier alpha value is -1.14. The summed E-state index contributed by atoms with van der Waals surface area (Å²) in [5.41, 5.74) is 1.76. The van der Waals surface area contributed by atoms with Crippen LogP contribution in [0.4, 0.5) is 0 Å². The molecule has 0 aromatic heterocycles.